The van der Waals surface area contributed by atoms with Crippen molar-refractivity contribution in [3.63, 3.8) is 0 Å². The number of benzene rings is 1. The van der Waals surface area contributed by atoms with Crippen LogP contribution in [0.4, 0.5) is 0 Å². The van der Waals surface area contributed by atoms with Gasteiger partial charge in [0.15, 0.2) is 0 Å². The first-order valence-electron chi connectivity index (χ1n) is 8.29. The van der Waals surface area contributed by atoms with Crippen molar-refractivity contribution in [1.82, 2.24) is 0 Å². The van der Waals surface area contributed by atoms with E-state index >= 15 is 0 Å². The van der Waals surface area contributed by atoms with Crippen molar-refractivity contribution in [2.45, 2.75) is 66.0 Å². The molecule has 0 saturated heterocycles. The van der Waals surface area contributed by atoms with Crippen LogP contribution in [-0.4, -0.2) is 7.28 Å². The topological polar surface area (TPSA) is 0 Å². The lowest BCUT2D eigenvalue weighted by Crippen LogP contribution is -2.33. The molecule has 1 radical (unpaired) electrons. The third-order valence-corrected chi connectivity index (χ3v) is 3.48. The van der Waals surface area contributed by atoms with Crippen LogP contribution in [0.2, 0.25) is 5.82 Å². The third kappa shape index (κ3) is 5.95. The minimum absolute atomic E-state index is 0. The largest absolute Gasteiger partial charge is 0.132 e. The molecule has 0 nitrogen and oxygen atoms in total. The summed E-state index contributed by atoms with van der Waals surface area (Å²) in [5.74, 6) is 0.551. The standard InChI is InChI=1S/C18H26B.C2H6.H2/c1-6-8-12-16(7-2)18(5,19-15(3)4)17-13-10-9-11-14-17;1-2;/h7-15H,6H2,1-5H3;1-2H3;1H/b12-8-,16-7+;;. The second-order valence-corrected chi connectivity index (χ2v) is 5.53. The molecule has 117 valence electrons. The van der Waals surface area contributed by atoms with Gasteiger partial charge in [-0.25, -0.2) is 0 Å². The molecule has 0 saturated carbocycles. The van der Waals surface area contributed by atoms with Gasteiger partial charge in [-0.2, -0.15) is 0 Å². The van der Waals surface area contributed by atoms with E-state index in [1.54, 1.807) is 0 Å². The van der Waals surface area contributed by atoms with E-state index in [2.05, 4.69) is 90.5 Å². The highest BCUT2D eigenvalue weighted by atomic mass is 14.2. The summed E-state index contributed by atoms with van der Waals surface area (Å²) in [6, 6.07) is 10.8. The smallest absolute Gasteiger partial charge is 0.0845 e. The first-order valence-corrected chi connectivity index (χ1v) is 8.29. The van der Waals surface area contributed by atoms with Crippen molar-refractivity contribution in [2.24, 2.45) is 0 Å². The van der Waals surface area contributed by atoms with Gasteiger partial charge in [-0.3, -0.25) is 0 Å². The zero-order chi connectivity index (χ0) is 16.3. The summed E-state index contributed by atoms with van der Waals surface area (Å²) in [6.45, 7) is 15.1. The van der Waals surface area contributed by atoms with Crippen LogP contribution in [-0.2, 0) is 5.31 Å². The Morgan fingerprint density at radius 1 is 1.24 bits per heavy atom. The molecule has 0 heterocycles. The molecular weight excluding hydrogens is 251 g/mol. The predicted octanol–water partition coefficient (Wildman–Crippen LogP) is 6.62. The van der Waals surface area contributed by atoms with Gasteiger partial charge in [0.1, 0.15) is 7.28 Å². The van der Waals surface area contributed by atoms with Gasteiger partial charge < -0.3 is 0 Å². The number of allylic oxidation sites excluding steroid dienone is 4. The second-order valence-electron chi connectivity index (χ2n) is 5.53. The van der Waals surface area contributed by atoms with Crippen LogP contribution in [0.3, 0.4) is 0 Å². The lowest BCUT2D eigenvalue weighted by molar-refractivity contribution is 0.779. The Kier molecular flexibility index (Phi) is 9.87. The fourth-order valence-electron chi connectivity index (χ4n) is 2.62. The Hall–Kier alpha value is -1.24. The van der Waals surface area contributed by atoms with E-state index in [1.807, 2.05) is 13.8 Å². The normalized spacial score (nSPS) is 14.6. The molecule has 0 amide bonds. The van der Waals surface area contributed by atoms with Crippen molar-refractivity contribution in [3.05, 3.63) is 59.7 Å². The lowest BCUT2D eigenvalue weighted by atomic mass is 9.42. The molecular formula is C20H34B. The van der Waals surface area contributed by atoms with E-state index < -0.39 is 0 Å². The third-order valence-electron chi connectivity index (χ3n) is 3.48. The van der Waals surface area contributed by atoms with Crippen LogP contribution in [0.15, 0.2) is 54.1 Å². The van der Waals surface area contributed by atoms with E-state index in [4.69, 9.17) is 0 Å². The Labute approximate surface area is 135 Å². The molecule has 0 N–H and O–H groups in total. The number of hydrogen-bond donors (Lipinski definition) is 0. The average molecular weight is 285 g/mol. The summed E-state index contributed by atoms with van der Waals surface area (Å²) in [4.78, 5) is 0. The Morgan fingerprint density at radius 3 is 2.24 bits per heavy atom. The Bertz CT molecular complexity index is 434. The van der Waals surface area contributed by atoms with Gasteiger partial charge in [-0.15, -0.1) is 0 Å². The van der Waals surface area contributed by atoms with Crippen molar-refractivity contribution >= 4 is 7.28 Å². The molecule has 1 atom stereocenters. The molecule has 0 aliphatic rings. The van der Waals surface area contributed by atoms with Gasteiger partial charge >= 0.3 is 0 Å². The molecule has 1 aromatic carbocycles. The molecule has 1 aromatic rings. The summed E-state index contributed by atoms with van der Waals surface area (Å²) in [6.07, 6.45) is 7.82. The van der Waals surface area contributed by atoms with Crippen LogP contribution < -0.4 is 0 Å². The van der Waals surface area contributed by atoms with Crippen molar-refractivity contribution in [3.8, 4) is 0 Å². The summed E-state index contributed by atoms with van der Waals surface area (Å²) in [7, 11) is 2.44. The summed E-state index contributed by atoms with van der Waals surface area (Å²) in [5.41, 5.74) is 2.73. The zero-order valence-electron chi connectivity index (χ0n) is 15.0. The number of rotatable bonds is 6. The molecule has 1 unspecified atom stereocenters. The monoisotopic (exact) mass is 285 g/mol. The zero-order valence-corrected chi connectivity index (χ0v) is 15.0. The maximum Gasteiger partial charge on any atom is 0.132 e. The molecule has 0 aliphatic heterocycles. The maximum atomic E-state index is 2.44. The molecule has 0 fully saturated rings. The molecule has 1 rings (SSSR count). The maximum absolute atomic E-state index is 2.44. The molecule has 1 heteroatoms. The van der Waals surface area contributed by atoms with Crippen LogP contribution in [0, 0.1) is 0 Å². The Morgan fingerprint density at radius 2 is 1.81 bits per heavy atom. The SMILES string of the molecule is C/C=C(\C=C/CC)C(C)([B]C(C)C)c1ccccc1.CC.[HH]. The van der Waals surface area contributed by atoms with Crippen molar-refractivity contribution < 1.29 is 1.43 Å². The van der Waals surface area contributed by atoms with Gasteiger partial charge in [0.25, 0.3) is 0 Å². The first kappa shape index (κ1) is 19.8. The molecule has 0 spiro atoms. The second kappa shape index (κ2) is 10.5. The van der Waals surface area contributed by atoms with Gasteiger partial charge in [0.05, 0.1) is 0 Å². The fraction of sp³-hybridized carbons (Fsp3) is 0.500. The fourth-order valence-corrected chi connectivity index (χ4v) is 2.62. The Balaban J connectivity index is 0. The van der Waals surface area contributed by atoms with Gasteiger partial charge in [0.2, 0.25) is 0 Å². The molecule has 21 heavy (non-hydrogen) atoms. The van der Waals surface area contributed by atoms with Gasteiger partial charge in [-0.1, -0.05) is 101 Å². The summed E-state index contributed by atoms with van der Waals surface area (Å²) >= 11 is 0. The van der Waals surface area contributed by atoms with Gasteiger partial charge in [0, 0.05) is 1.43 Å². The highest BCUT2D eigenvalue weighted by Crippen LogP contribution is 2.34. The van der Waals surface area contributed by atoms with Gasteiger partial charge in [-0.05, 0) is 24.2 Å². The molecule has 0 bridgehead atoms. The van der Waals surface area contributed by atoms with Crippen LogP contribution >= 0.6 is 0 Å². The quantitative estimate of drug-likeness (QED) is 0.407. The van der Waals surface area contributed by atoms with E-state index in [0.29, 0.717) is 5.82 Å². The summed E-state index contributed by atoms with van der Waals surface area (Å²) in [5, 5.41) is -0.0180. The minimum atomic E-state index is -0.0180. The van der Waals surface area contributed by atoms with Crippen LogP contribution in [0.1, 0.15) is 61.9 Å². The average Bonchev–Trinajstić information content (AvgIpc) is 2.50. The van der Waals surface area contributed by atoms with Crippen LogP contribution in [0.5, 0.6) is 0 Å². The molecule has 0 aliphatic carbocycles. The van der Waals surface area contributed by atoms with Crippen LogP contribution in [0.25, 0.3) is 0 Å². The van der Waals surface area contributed by atoms with E-state index in [9.17, 15) is 0 Å². The molecule has 0 aromatic heterocycles. The van der Waals surface area contributed by atoms with Crippen molar-refractivity contribution in [2.75, 3.05) is 0 Å². The number of hydrogen-bond acceptors (Lipinski definition) is 0. The highest BCUT2D eigenvalue weighted by Gasteiger charge is 2.30. The first-order chi connectivity index (χ1) is 10.0. The minimum Gasteiger partial charge on any atom is -0.0845 e. The highest BCUT2D eigenvalue weighted by molar-refractivity contribution is 6.43. The van der Waals surface area contributed by atoms with Crippen molar-refractivity contribution in [1.29, 1.82) is 0 Å². The van der Waals surface area contributed by atoms with E-state index in [1.165, 1.54) is 11.1 Å². The summed E-state index contributed by atoms with van der Waals surface area (Å²) < 4.78 is 0. The lowest BCUT2D eigenvalue weighted by Gasteiger charge is -2.33. The van der Waals surface area contributed by atoms with E-state index in [0.717, 1.165) is 6.42 Å². The predicted molar refractivity (Wildman–Crippen MR) is 101 cm³/mol. The van der Waals surface area contributed by atoms with E-state index in [-0.39, 0.29) is 6.74 Å².